The van der Waals surface area contributed by atoms with Gasteiger partial charge in [0.2, 0.25) is 5.91 Å². The molecule has 2 aromatic carbocycles. The van der Waals surface area contributed by atoms with Gasteiger partial charge in [0.25, 0.3) is 11.8 Å². The van der Waals surface area contributed by atoms with Crippen LogP contribution < -0.4 is 9.64 Å². The fourth-order valence-electron chi connectivity index (χ4n) is 3.22. The van der Waals surface area contributed by atoms with Crippen molar-refractivity contribution < 1.29 is 19.1 Å². The number of aryl methyl sites for hydroxylation is 1. The minimum absolute atomic E-state index is 0.103. The lowest BCUT2D eigenvalue weighted by molar-refractivity contribution is -0.118. The molecule has 0 N–H and O–H groups in total. The summed E-state index contributed by atoms with van der Waals surface area (Å²) in [5.74, 6) is -0.168. The standard InChI is InChI=1S/C21H22N2O4/c1-4-19(24)22(17-10-9-14(2)13-18(17)27-3)11-12-23-20(25)15-7-5-6-8-16(15)21(23)26/h5-10,13H,4,11-12H2,1-3H3. The lowest BCUT2D eigenvalue weighted by Gasteiger charge is -2.26. The lowest BCUT2D eigenvalue weighted by atomic mass is 10.1. The molecule has 1 aliphatic heterocycles. The first kappa shape index (κ1) is 18.6. The third-order valence-electron chi connectivity index (χ3n) is 4.65. The summed E-state index contributed by atoms with van der Waals surface area (Å²) in [4.78, 5) is 40.4. The quantitative estimate of drug-likeness (QED) is 0.737. The average molecular weight is 366 g/mol. The lowest BCUT2D eigenvalue weighted by Crippen LogP contribution is -2.41. The maximum Gasteiger partial charge on any atom is 0.261 e. The first-order valence-corrected chi connectivity index (χ1v) is 8.88. The molecule has 3 rings (SSSR count). The van der Waals surface area contributed by atoms with Gasteiger partial charge in [-0.05, 0) is 36.8 Å². The smallest absolute Gasteiger partial charge is 0.261 e. The van der Waals surface area contributed by atoms with Crippen molar-refractivity contribution in [1.82, 2.24) is 4.90 Å². The van der Waals surface area contributed by atoms with Crippen LogP contribution in [0.2, 0.25) is 0 Å². The Morgan fingerprint density at radius 2 is 1.70 bits per heavy atom. The van der Waals surface area contributed by atoms with Gasteiger partial charge in [0.1, 0.15) is 5.75 Å². The number of nitrogens with zero attached hydrogens (tertiary/aromatic N) is 2. The fraction of sp³-hybridized carbons (Fsp3) is 0.286. The molecular weight excluding hydrogens is 344 g/mol. The average Bonchev–Trinajstić information content (AvgIpc) is 2.93. The second kappa shape index (κ2) is 7.61. The zero-order valence-electron chi connectivity index (χ0n) is 15.7. The Hall–Kier alpha value is -3.15. The van der Waals surface area contributed by atoms with E-state index in [-0.39, 0.29) is 30.8 Å². The molecule has 0 saturated carbocycles. The molecule has 0 radical (unpaired) electrons. The molecular formula is C21H22N2O4. The van der Waals surface area contributed by atoms with Crippen molar-refractivity contribution in [2.45, 2.75) is 20.3 Å². The molecule has 0 fully saturated rings. The van der Waals surface area contributed by atoms with Crippen molar-refractivity contribution in [2.24, 2.45) is 0 Å². The van der Waals surface area contributed by atoms with E-state index in [1.54, 1.807) is 43.2 Å². The highest BCUT2D eigenvalue weighted by atomic mass is 16.5. The zero-order chi connectivity index (χ0) is 19.6. The maximum absolute atomic E-state index is 12.5. The summed E-state index contributed by atoms with van der Waals surface area (Å²) >= 11 is 0. The van der Waals surface area contributed by atoms with E-state index in [2.05, 4.69) is 0 Å². The monoisotopic (exact) mass is 366 g/mol. The largest absolute Gasteiger partial charge is 0.495 e. The second-order valence-corrected chi connectivity index (χ2v) is 6.38. The van der Waals surface area contributed by atoms with E-state index < -0.39 is 0 Å². The summed E-state index contributed by atoms with van der Waals surface area (Å²) in [6.07, 6.45) is 0.305. The number of carbonyl (C=O) groups excluding carboxylic acids is 3. The van der Waals surface area contributed by atoms with Crippen LogP contribution in [0.4, 0.5) is 5.69 Å². The molecule has 0 aliphatic carbocycles. The Bertz CT molecular complexity index is 872. The number of carbonyl (C=O) groups is 3. The third kappa shape index (κ3) is 3.43. The number of anilines is 1. The van der Waals surface area contributed by atoms with Gasteiger partial charge < -0.3 is 9.64 Å². The number of fused-ring (bicyclic) bond motifs is 1. The highest BCUT2D eigenvalue weighted by Crippen LogP contribution is 2.30. The number of ether oxygens (including phenoxy) is 1. The topological polar surface area (TPSA) is 66.9 Å². The number of hydrogen-bond donors (Lipinski definition) is 0. The summed E-state index contributed by atoms with van der Waals surface area (Å²) in [6, 6.07) is 12.3. The van der Waals surface area contributed by atoms with Crippen LogP contribution in [0.5, 0.6) is 5.75 Å². The molecule has 1 aliphatic rings. The summed E-state index contributed by atoms with van der Waals surface area (Å²) in [6.45, 7) is 4.04. The van der Waals surface area contributed by atoms with Gasteiger partial charge in [0, 0.05) is 19.5 Å². The molecule has 3 amide bonds. The minimum Gasteiger partial charge on any atom is -0.495 e. The normalized spacial score (nSPS) is 12.9. The van der Waals surface area contributed by atoms with Gasteiger partial charge in [0.05, 0.1) is 23.9 Å². The summed E-state index contributed by atoms with van der Waals surface area (Å²) < 4.78 is 5.43. The van der Waals surface area contributed by atoms with Gasteiger partial charge in [-0.2, -0.15) is 0 Å². The molecule has 6 nitrogen and oxygen atoms in total. The number of imide groups is 1. The Balaban J connectivity index is 1.84. The van der Waals surface area contributed by atoms with Crippen molar-refractivity contribution in [3.63, 3.8) is 0 Å². The predicted molar refractivity (Wildman–Crippen MR) is 102 cm³/mol. The van der Waals surface area contributed by atoms with Crippen LogP contribution >= 0.6 is 0 Å². The first-order chi connectivity index (χ1) is 13.0. The number of rotatable bonds is 6. The van der Waals surface area contributed by atoms with E-state index in [9.17, 15) is 14.4 Å². The molecule has 1 heterocycles. The summed E-state index contributed by atoms with van der Waals surface area (Å²) in [7, 11) is 1.55. The zero-order valence-corrected chi connectivity index (χ0v) is 15.7. The summed E-state index contributed by atoms with van der Waals surface area (Å²) in [5, 5.41) is 0. The van der Waals surface area contributed by atoms with E-state index in [0.717, 1.165) is 5.56 Å². The third-order valence-corrected chi connectivity index (χ3v) is 4.65. The van der Waals surface area contributed by atoms with Crippen LogP contribution in [0.15, 0.2) is 42.5 Å². The first-order valence-electron chi connectivity index (χ1n) is 8.88. The van der Waals surface area contributed by atoms with E-state index in [0.29, 0.717) is 29.0 Å². The highest BCUT2D eigenvalue weighted by molar-refractivity contribution is 6.21. The molecule has 6 heteroatoms. The van der Waals surface area contributed by atoms with Gasteiger partial charge in [-0.3, -0.25) is 19.3 Å². The highest BCUT2D eigenvalue weighted by Gasteiger charge is 2.35. The second-order valence-electron chi connectivity index (χ2n) is 6.38. The van der Waals surface area contributed by atoms with Crippen LogP contribution in [0.3, 0.4) is 0 Å². The Labute approximate surface area is 158 Å². The molecule has 140 valence electrons. The number of methoxy groups -OCH3 is 1. The predicted octanol–water partition coefficient (Wildman–Crippen LogP) is 3.04. The van der Waals surface area contributed by atoms with Crippen molar-refractivity contribution in [3.05, 3.63) is 59.2 Å². The number of amides is 3. The van der Waals surface area contributed by atoms with E-state index in [1.165, 1.54) is 4.90 Å². The summed E-state index contributed by atoms with van der Waals surface area (Å²) in [5.41, 5.74) is 2.46. The Morgan fingerprint density at radius 3 is 2.26 bits per heavy atom. The van der Waals surface area contributed by atoms with Crippen molar-refractivity contribution in [2.75, 3.05) is 25.1 Å². The Morgan fingerprint density at radius 1 is 1.07 bits per heavy atom. The molecule has 0 bridgehead atoms. The molecule has 0 saturated heterocycles. The molecule has 0 spiro atoms. The minimum atomic E-state index is -0.324. The molecule has 27 heavy (non-hydrogen) atoms. The van der Waals surface area contributed by atoms with Crippen LogP contribution in [0.25, 0.3) is 0 Å². The van der Waals surface area contributed by atoms with Crippen molar-refractivity contribution >= 4 is 23.4 Å². The SMILES string of the molecule is CCC(=O)N(CCN1C(=O)c2ccccc2C1=O)c1ccc(C)cc1OC. The number of hydrogen-bond acceptors (Lipinski definition) is 4. The molecule has 0 unspecified atom stereocenters. The van der Waals surface area contributed by atoms with Crippen LogP contribution in [-0.4, -0.2) is 42.8 Å². The van der Waals surface area contributed by atoms with Crippen molar-refractivity contribution in [1.29, 1.82) is 0 Å². The van der Waals surface area contributed by atoms with Crippen molar-refractivity contribution in [3.8, 4) is 5.75 Å². The van der Waals surface area contributed by atoms with Crippen LogP contribution in [-0.2, 0) is 4.79 Å². The van der Waals surface area contributed by atoms with Crippen LogP contribution in [0.1, 0.15) is 39.6 Å². The van der Waals surface area contributed by atoms with Crippen LogP contribution in [0, 0.1) is 6.92 Å². The molecule has 2 aromatic rings. The van der Waals surface area contributed by atoms with E-state index >= 15 is 0 Å². The van der Waals surface area contributed by atoms with Gasteiger partial charge in [0.15, 0.2) is 0 Å². The molecule has 0 atom stereocenters. The van der Waals surface area contributed by atoms with Gasteiger partial charge in [-0.1, -0.05) is 25.1 Å². The fourth-order valence-corrected chi connectivity index (χ4v) is 3.22. The van der Waals surface area contributed by atoms with E-state index in [4.69, 9.17) is 4.74 Å². The van der Waals surface area contributed by atoms with E-state index in [1.807, 2.05) is 25.1 Å². The van der Waals surface area contributed by atoms with Gasteiger partial charge in [-0.25, -0.2) is 0 Å². The van der Waals surface area contributed by atoms with Gasteiger partial charge >= 0.3 is 0 Å². The molecule has 0 aromatic heterocycles. The number of benzene rings is 2. The van der Waals surface area contributed by atoms with Gasteiger partial charge in [-0.15, -0.1) is 0 Å². The Kier molecular flexibility index (Phi) is 5.26. The maximum atomic E-state index is 12.5.